The number of halogens is 1. The number of cyclic esters (lactones) is 1. The fourth-order valence-electron chi connectivity index (χ4n) is 2.46. The highest BCUT2D eigenvalue weighted by Gasteiger charge is 2.51. The van der Waals surface area contributed by atoms with Gasteiger partial charge in [0.05, 0.1) is 4.83 Å². The van der Waals surface area contributed by atoms with Crippen molar-refractivity contribution in [3.8, 4) is 0 Å². The number of rotatable bonds is 3. The lowest BCUT2D eigenvalue weighted by molar-refractivity contribution is -0.129. The van der Waals surface area contributed by atoms with Crippen LogP contribution in [0.5, 0.6) is 0 Å². The van der Waals surface area contributed by atoms with Crippen LogP contribution in [0.3, 0.4) is 0 Å². The standard InChI is InChI=1S/C15H16BrNO3/c1-15(7-8-15)12(16)13(18)17-11(9-20-14(17)19)10-5-3-2-4-6-10/h2-6,11-12H,7-9H2,1H3/t11-,12-/m0/s1. The molecule has 20 heavy (non-hydrogen) atoms. The minimum Gasteiger partial charge on any atom is -0.446 e. The Bertz CT molecular complexity index is 541. The lowest BCUT2D eigenvalue weighted by Crippen LogP contribution is -2.41. The second kappa shape index (κ2) is 4.88. The maximum Gasteiger partial charge on any atom is 0.417 e. The number of ether oxygens (including phenoxy) is 1. The van der Waals surface area contributed by atoms with Gasteiger partial charge in [-0.2, -0.15) is 0 Å². The summed E-state index contributed by atoms with van der Waals surface area (Å²) in [7, 11) is 0. The summed E-state index contributed by atoms with van der Waals surface area (Å²) in [5.41, 5.74) is 0.897. The minimum atomic E-state index is -0.544. The molecule has 1 aliphatic carbocycles. The van der Waals surface area contributed by atoms with E-state index in [9.17, 15) is 9.59 Å². The van der Waals surface area contributed by atoms with Gasteiger partial charge >= 0.3 is 6.09 Å². The van der Waals surface area contributed by atoms with Crippen molar-refractivity contribution >= 4 is 27.9 Å². The van der Waals surface area contributed by atoms with E-state index in [2.05, 4.69) is 22.9 Å². The molecule has 1 saturated heterocycles. The fraction of sp³-hybridized carbons (Fsp3) is 0.467. The van der Waals surface area contributed by atoms with Crippen LogP contribution in [0.1, 0.15) is 31.4 Å². The number of benzene rings is 1. The van der Waals surface area contributed by atoms with Gasteiger partial charge in [-0.3, -0.25) is 4.79 Å². The van der Waals surface area contributed by atoms with Crippen LogP contribution >= 0.6 is 15.9 Å². The van der Waals surface area contributed by atoms with Crippen LogP contribution in [0.4, 0.5) is 4.79 Å². The molecule has 3 rings (SSSR count). The second-order valence-electron chi connectivity index (χ2n) is 5.73. The number of alkyl halides is 1. The van der Waals surface area contributed by atoms with Gasteiger partial charge in [-0.15, -0.1) is 0 Å². The van der Waals surface area contributed by atoms with Crippen molar-refractivity contribution in [3.05, 3.63) is 35.9 Å². The van der Waals surface area contributed by atoms with E-state index in [-0.39, 0.29) is 28.8 Å². The van der Waals surface area contributed by atoms with Crippen molar-refractivity contribution in [2.24, 2.45) is 5.41 Å². The SMILES string of the molecule is CC1([C@@H](Br)C(=O)N2C(=O)OC[C@H]2c2ccccc2)CC1. The molecule has 1 aromatic rings. The fourth-order valence-corrected chi connectivity index (χ4v) is 3.13. The largest absolute Gasteiger partial charge is 0.446 e. The van der Waals surface area contributed by atoms with E-state index in [0.29, 0.717) is 0 Å². The molecule has 0 bridgehead atoms. The molecule has 1 saturated carbocycles. The van der Waals surface area contributed by atoms with Crippen LogP contribution < -0.4 is 0 Å². The zero-order chi connectivity index (χ0) is 14.3. The van der Waals surface area contributed by atoms with E-state index in [0.717, 1.165) is 18.4 Å². The molecule has 1 aromatic carbocycles. The Kier molecular flexibility index (Phi) is 3.32. The minimum absolute atomic E-state index is 0.0266. The molecule has 2 fully saturated rings. The van der Waals surface area contributed by atoms with Gasteiger partial charge in [-0.1, -0.05) is 53.2 Å². The molecule has 0 spiro atoms. The summed E-state index contributed by atoms with van der Waals surface area (Å²) in [5, 5.41) is 0. The third-order valence-electron chi connectivity index (χ3n) is 4.16. The summed E-state index contributed by atoms with van der Waals surface area (Å²) in [6.07, 6.45) is 1.47. The van der Waals surface area contributed by atoms with Gasteiger partial charge in [-0.25, -0.2) is 9.69 Å². The lowest BCUT2D eigenvalue weighted by atomic mass is 10.0. The average Bonchev–Trinajstić information content (AvgIpc) is 3.10. The highest BCUT2D eigenvalue weighted by Crippen LogP contribution is 2.52. The average molecular weight is 338 g/mol. The van der Waals surface area contributed by atoms with Crippen molar-refractivity contribution in [2.75, 3.05) is 6.61 Å². The number of carbonyl (C=O) groups excluding carboxylic acids is 2. The second-order valence-corrected chi connectivity index (χ2v) is 6.64. The van der Waals surface area contributed by atoms with Crippen molar-refractivity contribution in [3.63, 3.8) is 0 Å². The molecule has 2 amide bonds. The van der Waals surface area contributed by atoms with Crippen LogP contribution in [0.2, 0.25) is 0 Å². The van der Waals surface area contributed by atoms with E-state index in [4.69, 9.17) is 4.74 Å². The van der Waals surface area contributed by atoms with E-state index in [1.54, 1.807) is 0 Å². The molecule has 1 aliphatic heterocycles. The van der Waals surface area contributed by atoms with E-state index < -0.39 is 6.09 Å². The highest BCUT2D eigenvalue weighted by molar-refractivity contribution is 9.10. The normalized spacial score (nSPS) is 25.2. The number of hydrogen-bond acceptors (Lipinski definition) is 3. The predicted octanol–water partition coefficient (Wildman–Crippen LogP) is 3.27. The summed E-state index contributed by atoms with van der Waals surface area (Å²) >= 11 is 3.46. The maximum atomic E-state index is 12.6. The molecule has 0 N–H and O–H groups in total. The number of amides is 2. The number of carbonyl (C=O) groups is 2. The Hall–Kier alpha value is -1.36. The molecule has 1 heterocycles. The smallest absolute Gasteiger partial charge is 0.417 e. The Morgan fingerprint density at radius 1 is 1.40 bits per heavy atom. The van der Waals surface area contributed by atoms with Crippen molar-refractivity contribution in [1.29, 1.82) is 0 Å². The van der Waals surface area contributed by atoms with Gasteiger partial charge in [0.2, 0.25) is 5.91 Å². The molecule has 0 radical (unpaired) electrons. The first-order valence-corrected chi connectivity index (χ1v) is 7.63. The molecule has 4 nitrogen and oxygen atoms in total. The first-order valence-electron chi connectivity index (χ1n) is 6.72. The van der Waals surface area contributed by atoms with Gasteiger partial charge in [0.1, 0.15) is 12.6 Å². The maximum absolute atomic E-state index is 12.6. The molecule has 0 unspecified atom stereocenters. The van der Waals surface area contributed by atoms with Gasteiger partial charge in [0.15, 0.2) is 0 Å². The Morgan fingerprint density at radius 2 is 2.05 bits per heavy atom. The molecular weight excluding hydrogens is 322 g/mol. The number of hydrogen-bond donors (Lipinski definition) is 0. The zero-order valence-corrected chi connectivity index (χ0v) is 12.8. The first-order chi connectivity index (χ1) is 9.53. The zero-order valence-electron chi connectivity index (χ0n) is 11.2. The van der Waals surface area contributed by atoms with E-state index in [1.165, 1.54) is 4.90 Å². The Morgan fingerprint density at radius 3 is 2.65 bits per heavy atom. The van der Waals surface area contributed by atoms with Gasteiger partial charge in [0.25, 0.3) is 0 Å². The van der Waals surface area contributed by atoms with Crippen LogP contribution in [-0.4, -0.2) is 28.3 Å². The third kappa shape index (κ3) is 2.24. The van der Waals surface area contributed by atoms with Gasteiger partial charge < -0.3 is 4.74 Å². The number of imide groups is 1. The summed E-state index contributed by atoms with van der Waals surface area (Å²) in [5.74, 6) is -0.193. The van der Waals surface area contributed by atoms with Crippen molar-refractivity contribution in [1.82, 2.24) is 4.90 Å². The van der Waals surface area contributed by atoms with Crippen molar-refractivity contribution in [2.45, 2.75) is 30.6 Å². The molecule has 106 valence electrons. The molecule has 5 heteroatoms. The number of nitrogens with zero attached hydrogens (tertiary/aromatic N) is 1. The lowest BCUT2D eigenvalue weighted by Gasteiger charge is -2.25. The highest BCUT2D eigenvalue weighted by atomic mass is 79.9. The van der Waals surface area contributed by atoms with Crippen molar-refractivity contribution < 1.29 is 14.3 Å². The molecule has 2 aliphatic rings. The van der Waals surface area contributed by atoms with Crippen LogP contribution in [0.15, 0.2) is 30.3 Å². The summed E-state index contributed by atoms with van der Waals surface area (Å²) in [6, 6.07) is 9.21. The van der Waals surface area contributed by atoms with Crippen LogP contribution in [-0.2, 0) is 9.53 Å². The van der Waals surface area contributed by atoms with E-state index in [1.807, 2.05) is 30.3 Å². The van der Waals surface area contributed by atoms with Crippen LogP contribution in [0, 0.1) is 5.41 Å². The monoisotopic (exact) mass is 337 g/mol. The predicted molar refractivity (Wildman–Crippen MR) is 77.4 cm³/mol. The molecule has 0 aromatic heterocycles. The van der Waals surface area contributed by atoms with Crippen LogP contribution in [0.25, 0.3) is 0 Å². The molecular formula is C15H16BrNO3. The van der Waals surface area contributed by atoms with E-state index >= 15 is 0 Å². The third-order valence-corrected chi connectivity index (χ3v) is 5.66. The summed E-state index contributed by atoms with van der Waals surface area (Å²) in [6.45, 7) is 2.29. The summed E-state index contributed by atoms with van der Waals surface area (Å²) < 4.78 is 5.08. The summed E-state index contributed by atoms with van der Waals surface area (Å²) in [4.78, 5) is 25.5. The first kappa shape index (κ1) is 13.6. The topological polar surface area (TPSA) is 46.6 Å². The van der Waals surface area contributed by atoms with Gasteiger partial charge in [-0.05, 0) is 23.8 Å². The molecule has 2 atom stereocenters. The Labute approximate surface area is 126 Å². The quantitative estimate of drug-likeness (QED) is 0.795. The van der Waals surface area contributed by atoms with Gasteiger partial charge in [0, 0.05) is 0 Å². The Balaban J connectivity index is 1.85.